The molecule has 1 aliphatic rings. The largest absolute Gasteiger partial charge is 0.409 e. The number of halogens is 3. The van der Waals surface area contributed by atoms with E-state index in [2.05, 4.69) is 6.07 Å². The topological polar surface area (TPSA) is 49.8 Å². The minimum atomic E-state index is -4.64. The van der Waals surface area contributed by atoms with Gasteiger partial charge in [0.15, 0.2) is 5.25 Å². The second-order valence-corrected chi connectivity index (χ2v) is 8.68. The first kappa shape index (κ1) is 27.3. The van der Waals surface area contributed by atoms with Gasteiger partial charge in [0.1, 0.15) is 5.37 Å². The summed E-state index contributed by atoms with van der Waals surface area (Å²) < 4.78 is 45.8. The number of nitrogens with zero attached hydrogens (tertiary/aromatic N) is 1. The summed E-state index contributed by atoms with van der Waals surface area (Å²) in [6.07, 6.45) is -2.84. The molecular weight excluding hydrogens is 516 g/mol. The summed E-state index contributed by atoms with van der Waals surface area (Å²) in [4.78, 5) is 13.8. The first-order valence-electron chi connectivity index (χ1n) is 10.2. The van der Waals surface area contributed by atoms with Crippen molar-refractivity contribution in [2.24, 2.45) is 0 Å². The van der Waals surface area contributed by atoms with Crippen LogP contribution in [0, 0.1) is 6.07 Å². The number of aliphatic hydroxyl groups is 1. The maximum Gasteiger partial charge on any atom is 0.409 e. The third kappa shape index (κ3) is 7.03. The molecule has 1 amide bonds. The van der Waals surface area contributed by atoms with Gasteiger partial charge in [-0.3, -0.25) is 9.69 Å². The number of amides is 1. The fourth-order valence-corrected chi connectivity index (χ4v) is 4.61. The van der Waals surface area contributed by atoms with Crippen LogP contribution in [0.3, 0.4) is 0 Å². The third-order valence-corrected chi connectivity index (χ3v) is 6.43. The first-order valence-corrected chi connectivity index (χ1v) is 11.1. The molecule has 4 nitrogen and oxygen atoms in total. The fraction of sp³-hybridized carbons (Fsp3) is 0.435. The van der Waals surface area contributed by atoms with Gasteiger partial charge in [-0.05, 0) is 24.1 Å². The quantitative estimate of drug-likeness (QED) is 0.440. The number of hydrogen-bond donors (Lipinski definition) is 1. The maximum atomic E-state index is 13.4. The van der Waals surface area contributed by atoms with Crippen LogP contribution < -0.4 is 4.90 Å². The van der Waals surface area contributed by atoms with E-state index in [1.54, 1.807) is 42.5 Å². The Hall–Kier alpha value is -0.926. The van der Waals surface area contributed by atoms with E-state index in [9.17, 15) is 23.1 Å². The van der Waals surface area contributed by atoms with E-state index in [1.807, 2.05) is 13.0 Å². The second kappa shape index (κ2) is 12.5. The van der Waals surface area contributed by atoms with Crippen molar-refractivity contribution in [3.05, 3.63) is 65.7 Å². The Morgan fingerprint density at radius 2 is 1.97 bits per heavy atom. The molecule has 9 heteroatoms. The van der Waals surface area contributed by atoms with Crippen molar-refractivity contribution in [1.82, 2.24) is 0 Å². The summed E-state index contributed by atoms with van der Waals surface area (Å²) in [5.41, 5.74) is 1.88. The minimum Gasteiger partial charge on any atom is -0.388 e. The normalized spacial score (nSPS) is 19.7. The van der Waals surface area contributed by atoms with Crippen molar-refractivity contribution in [3.8, 4) is 0 Å². The number of benzene rings is 2. The minimum absolute atomic E-state index is 0. The predicted octanol–water partition coefficient (Wildman–Crippen LogP) is 5.26. The smallest absolute Gasteiger partial charge is 0.388 e. The van der Waals surface area contributed by atoms with E-state index in [1.165, 1.54) is 0 Å². The second-order valence-electron chi connectivity index (χ2n) is 7.40. The van der Waals surface area contributed by atoms with Gasteiger partial charge in [-0.2, -0.15) is 43.5 Å². The molecule has 2 aromatic carbocycles. The summed E-state index contributed by atoms with van der Waals surface area (Å²) in [7, 11) is 0. The molecule has 0 spiro atoms. The molecule has 1 aliphatic heterocycles. The molecule has 171 valence electrons. The summed E-state index contributed by atoms with van der Waals surface area (Å²) in [5.74, 6) is -1.00. The number of alkyl halides is 3. The van der Waals surface area contributed by atoms with E-state index < -0.39 is 28.8 Å². The van der Waals surface area contributed by atoms with Gasteiger partial charge in [0.2, 0.25) is 0 Å². The number of carbonyl (C=O) groups is 1. The zero-order chi connectivity index (χ0) is 22.4. The Kier molecular flexibility index (Phi) is 10.7. The average molecular weight is 541 g/mol. The van der Waals surface area contributed by atoms with Crippen molar-refractivity contribution in [3.63, 3.8) is 0 Å². The van der Waals surface area contributed by atoms with Crippen LogP contribution >= 0.6 is 11.8 Å². The Bertz CT molecular complexity index is 852. The number of unbranched alkanes of at least 4 members (excludes halogenated alkanes) is 1. The molecule has 1 N–H and O–H groups in total. The van der Waals surface area contributed by atoms with E-state index >= 15 is 0 Å². The van der Waals surface area contributed by atoms with Gasteiger partial charge in [0.05, 0.1) is 12.7 Å². The maximum absolute atomic E-state index is 13.4. The number of thioether (sulfide) groups is 1. The van der Waals surface area contributed by atoms with Crippen LogP contribution in [0.5, 0.6) is 0 Å². The van der Waals surface area contributed by atoms with Gasteiger partial charge in [-0.1, -0.05) is 31.9 Å². The van der Waals surface area contributed by atoms with Gasteiger partial charge in [0, 0.05) is 45.0 Å². The number of anilines is 1. The van der Waals surface area contributed by atoms with E-state index in [0.717, 1.165) is 23.3 Å². The number of hydrogen-bond acceptors (Lipinski definition) is 4. The van der Waals surface area contributed by atoms with E-state index in [4.69, 9.17) is 4.74 Å². The third-order valence-electron chi connectivity index (χ3n) is 5.03. The summed E-state index contributed by atoms with van der Waals surface area (Å²) >= 11 is 0.555. The molecular formula is C23H25F3NO3SY-. The first-order chi connectivity index (χ1) is 14.8. The molecule has 2 aromatic rings. The molecule has 0 bridgehead atoms. The Labute approximate surface area is 215 Å². The Balaban J connectivity index is 0.00000363. The molecule has 1 heterocycles. The van der Waals surface area contributed by atoms with Crippen molar-refractivity contribution >= 4 is 23.4 Å². The van der Waals surface area contributed by atoms with Crippen LogP contribution in [0.1, 0.15) is 43.4 Å². The number of aliphatic hydroxyl groups excluding tert-OH is 1. The van der Waals surface area contributed by atoms with E-state index in [-0.39, 0.29) is 45.9 Å². The van der Waals surface area contributed by atoms with Gasteiger partial charge < -0.3 is 9.84 Å². The summed E-state index contributed by atoms with van der Waals surface area (Å²) in [5, 5.41) is 7.30. The zero-order valence-corrected chi connectivity index (χ0v) is 21.4. The standard InChI is InChI=1S/C23H25F3NO3S.Y/c1-2-3-9-19(28)17-10-12-18(13-11-17)27-20(31-21(22(27)29)23(24,25)26)15-30-14-16-7-5-4-6-8-16;/h4-5,7-8,10-13,19-21,28H,2-3,9,14-15H2,1H3;/q-1;. The van der Waals surface area contributed by atoms with Crippen LogP contribution in [-0.2, 0) is 48.8 Å². The summed E-state index contributed by atoms with van der Waals surface area (Å²) in [6.45, 7) is 2.20. The van der Waals surface area contributed by atoms with Crippen molar-refractivity contribution in [2.75, 3.05) is 11.5 Å². The van der Waals surface area contributed by atoms with Crippen LogP contribution in [0.2, 0.25) is 0 Å². The fourth-order valence-electron chi connectivity index (χ4n) is 3.39. The molecule has 3 rings (SSSR count). The Morgan fingerprint density at radius 1 is 1.25 bits per heavy atom. The molecule has 0 aliphatic carbocycles. The molecule has 1 fully saturated rings. The van der Waals surface area contributed by atoms with Crippen molar-refractivity contribution < 1.29 is 60.5 Å². The van der Waals surface area contributed by atoms with Gasteiger partial charge in [-0.15, -0.1) is 17.3 Å². The summed E-state index contributed by atoms with van der Waals surface area (Å²) in [6, 6.07) is 16.5. The molecule has 1 radical (unpaired) electrons. The van der Waals surface area contributed by atoms with Gasteiger partial charge >= 0.3 is 6.18 Å². The number of carbonyl (C=O) groups excluding carboxylic acids is 1. The molecule has 0 saturated carbocycles. The zero-order valence-electron chi connectivity index (χ0n) is 17.7. The average Bonchev–Trinajstić information content (AvgIpc) is 3.09. The van der Waals surface area contributed by atoms with Gasteiger partial charge in [0.25, 0.3) is 5.91 Å². The van der Waals surface area contributed by atoms with Crippen LogP contribution in [0.25, 0.3) is 0 Å². The molecule has 1 saturated heterocycles. The Morgan fingerprint density at radius 3 is 2.56 bits per heavy atom. The van der Waals surface area contributed by atoms with E-state index in [0.29, 0.717) is 29.4 Å². The van der Waals surface area contributed by atoms with Crippen LogP contribution in [0.15, 0.2) is 48.5 Å². The van der Waals surface area contributed by atoms with Gasteiger partial charge in [-0.25, -0.2) is 0 Å². The van der Waals surface area contributed by atoms with Crippen LogP contribution in [0.4, 0.5) is 18.9 Å². The molecule has 3 unspecified atom stereocenters. The SMILES string of the molecule is CCCCC(O)c1ccc(N2C(=O)C(C(F)(F)F)SC2COCc2c[c-]ccc2)cc1.[Y]. The molecule has 3 atom stereocenters. The number of rotatable bonds is 9. The predicted molar refractivity (Wildman–Crippen MR) is 115 cm³/mol. The monoisotopic (exact) mass is 541 g/mol. The number of ether oxygens (including phenoxy) is 1. The molecule has 0 aromatic heterocycles. The van der Waals surface area contributed by atoms with Crippen molar-refractivity contribution in [1.29, 1.82) is 0 Å². The molecule has 32 heavy (non-hydrogen) atoms. The van der Waals surface area contributed by atoms with Crippen molar-refractivity contribution in [2.45, 2.75) is 55.7 Å². The van der Waals surface area contributed by atoms with Crippen LogP contribution in [-0.4, -0.2) is 34.4 Å².